The van der Waals surface area contributed by atoms with Crippen LogP contribution in [0, 0.1) is 11.2 Å². The van der Waals surface area contributed by atoms with Gasteiger partial charge >= 0.3 is 0 Å². The van der Waals surface area contributed by atoms with E-state index >= 15 is 0 Å². The highest BCUT2D eigenvalue weighted by atomic mass is 19.1. The molecule has 0 bridgehead atoms. The molecule has 2 N–H and O–H groups in total. The summed E-state index contributed by atoms with van der Waals surface area (Å²) in [6, 6.07) is 4.31. The number of halogens is 1. The summed E-state index contributed by atoms with van der Waals surface area (Å²) in [5.41, 5.74) is 5.96. The number of nitrogens with two attached hydrogens (primary N) is 1. The van der Waals surface area contributed by atoms with Crippen LogP contribution in [0.5, 0.6) is 5.75 Å². The maximum absolute atomic E-state index is 13.5. The Morgan fingerprint density at radius 1 is 1.37 bits per heavy atom. The molecule has 1 aromatic rings. The van der Waals surface area contributed by atoms with E-state index in [9.17, 15) is 9.18 Å². The molecule has 0 atom stereocenters. The lowest BCUT2D eigenvalue weighted by Gasteiger charge is -2.23. The van der Waals surface area contributed by atoms with Gasteiger partial charge in [0, 0.05) is 12.0 Å². The molecular formula is C15H22FNO2. The molecule has 1 rings (SSSR count). The van der Waals surface area contributed by atoms with Gasteiger partial charge in [-0.15, -0.1) is 0 Å². The van der Waals surface area contributed by atoms with Gasteiger partial charge in [0.25, 0.3) is 0 Å². The molecule has 0 aliphatic carbocycles. The van der Waals surface area contributed by atoms with Gasteiger partial charge < -0.3 is 10.5 Å². The van der Waals surface area contributed by atoms with Crippen LogP contribution in [-0.2, 0) is 0 Å². The third kappa shape index (κ3) is 4.63. The van der Waals surface area contributed by atoms with E-state index in [0.29, 0.717) is 18.5 Å². The van der Waals surface area contributed by atoms with Crippen molar-refractivity contribution in [3.63, 3.8) is 0 Å². The molecule has 0 saturated heterocycles. The Morgan fingerprint density at radius 3 is 2.58 bits per heavy atom. The first-order valence-corrected chi connectivity index (χ1v) is 6.46. The van der Waals surface area contributed by atoms with Crippen molar-refractivity contribution in [1.82, 2.24) is 0 Å². The fraction of sp³-hybridized carbons (Fsp3) is 0.533. The van der Waals surface area contributed by atoms with E-state index in [4.69, 9.17) is 10.5 Å². The van der Waals surface area contributed by atoms with Crippen LogP contribution in [0.2, 0.25) is 0 Å². The van der Waals surface area contributed by atoms with Crippen LogP contribution in [0.1, 0.15) is 43.5 Å². The second-order valence-electron chi connectivity index (χ2n) is 5.48. The van der Waals surface area contributed by atoms with Crippen molar-refractivity contribution < 1.29 is 13.9 Å². The molecule has 0 aliphatic rings. The summed E-state index contributed by atoms with van der Waals surface area (Å²) in [6.45, 7) is 4.78. The average molecular weight is 267 g/mol. The number of ketones is 1. The second kappa shape index (κ2) is 6.66. The Balaban J connectivity index is 2.66. The van der Waals surface area contributed by atoms with Crippen LogP contribution in [-0.4, -0.2) is 19.4 Å². The number of rotatable bonds is 7. The van der Waals surface area contributed by atoms with Gasteiger partial charge in [0.05, 0.1) is 7.11 Å². The van der Waals surface area contributed by atoms with Gasteiger partial charge in [0.2, 0.25) is 0 Å². The van der Waals surface area contributed by atoms with Crippen LogP contribution in [0.3, 0.4) is 0 Å². The lowest BCUT2D eigenvalue weighted by molar-refractivity contribution is 0.0961. The highest BCUT2D eigenvalue weighted by molar-refractivity contribution is 5.96. The van der Waals surface area contributed by atoms with E-state index in [2.05, 4.69) is 13.8 Å². The van der Waals surface area contributed by atoms with Crippen molar-refractivity contribution in [3.8, 4) is 5.75 Å². The van der Waals surface area contributed by atoms with Gasteiger partial charge in [-0.3, -0.25) is 4.79 Å². The fourth-order valence-corrected chi connectivity index (χ4v) is 1.95. The normalized spacial score (nSPS) is 11.4. The number of carbonyl (C=O) groups is 1. The Bertz CT molecular complexity index is 444. The minimum absolute atomic E-state index is 0.0371. The first kappa shape index (κ1) is 15.6. The Hall–Kier alpha value is -1.42. The molecule has 19 heavy (non-hydrogen) atoms. The van der Waals surface area contributed by atoms with E-state index in [1.54, 1.807) is 6.07 Å². The molecule has 0 amide bonds. The van der Waals surface area contributed by atoms with Crippen LogP contribution in [0.15, 0.2) is 18.2 Å². The van der Waals surface area contributed by atoms with Crippen LogP contribution < -0.4 is 10.5 Å². The van der Waals surface area contributed by atoms with Crippen molar-refractivity contribution in [3.05, 3.63) is 29.6 Å². The zero-order valence-electron chi connectivity index (χ0n) is 11.8. The van der Waals surface area contributed by atoms with E-state index in [1.165, 1.54) is 19.2 Å². The van der Waals surface area contributed by atoms with Gasteiger partial charge in [-0.05, 0) is 43.0 Å². The third-order valence-electron chi connectivity index (χ3n) is 3.32. The highest BCUT2D eigenvalue weighted by Crippen LogP contribution is 2.27. The summed E-state index contributed by atoms with van der Waals surface area (Å²) in [6.07, 6.45) is 2.02. The minimum Gasteiger partial charge on any atom is -0.494 e. The molecule has 0 aliphatic heterocycles. The third-order valence-corrected chi connectivity index (χ3v) is 3.32. The summed E-state index contributed by atoms with van der Waals surface area (Å²) in [5.74, 6) is -0.402. The summed E-state index contributed by atoms with van der Waals surface area (Å²) in [5, 5.41) is 0. The molecule has 1 aromatic carbocycles. The predicted octanol–water partition coefficient (Wildman–Crippen LogP) is 3.17. The molecule has 106 valence electrons. The Labute approximate surface area is 113 Å². The fourth-order valence-electron chi connectivity index (χ4n) is 1.95. The molecule has 0 unspecified atom stereocenters. The number of hydrogen-bond acceptors (Lipinski definition) is 3. The molecule has 0 aromatic heterocycles. The van der Waals surface area contributed by atoms with Crippen molar-refractivity contribution >= 4 is 5.78 Å². The monoisotopic (exact) mass is 267 g/mol. The summed E-state index contributed by atoms with van der Waals surface area (Å²) < 4.78 is 18.3. The molecule has 4 heteroatoms. The van der Waals surface area contributed by atoms with Crippen LogP contribution in [0.4, 0.5) is 4.39 Å². The topological polar surface area (TPSA) is 52.3 Å². The number of ether oxygens (including phenoxy) is 1. The van der Waals surface area contributed by atoms with Crippen LogP contribution in [0.25, 0.3) is 0 Å². The SMILES string of the molecule is COc1ccc(C(=O)CCC(C)(C)CCN)cc1F. The van der Waals surface area contributed by atoms with Gasteiger partial charge in [0.15, 0.2) is 17.3 Å². The zero-order chi connectivity index (χ0) is 14.5. The molecule has 3 nitrogen and oxygen atoms in total. The summed E-state index contributed by atoms with van der Waals surface area (Å²) in [4.78, 5) is 12.0. The van der Waals surface area contributed by atoms with E-state index in [1.807, 2.05) is 0 Å². The minimum atomic E-state index is -0.505. The number of Topliss-reactive ketones (excluding diaryl/α,β-unsaturated/α-hetero) is 1. The first-order chi connectivity index (χ1) is 8.89. The van der Waals surface area contributed by atoms with Gasteiger partial charge in [-0.25, -0.2) is 4.39 Å². The Morgan fingerprint density at radius 2 is 2.05 bits per heavy atom. The van der Waals surface area contributed by atoms with Crippen LogP contribution >= 0.6 is 0 Å². The quantitative estimate of drug-likeness (QED) is 0.772. The second-order valence-corrected chi connectivity index (χ2v) is 5.48. The Kier molecular flexibility index (Phi) is 5.48. The maximum Gasteiger partial charge on any atom is 0.165 e. The summed E-state index contributed by atoms with van der Waals surface area (Å²) in [7, 11) is 1.40. The first-order valence-electron chi connectivity index (χ1n) is 6.46. The van der Waals surface area contributed by atoms with Gasteiger partial charge in [-0.1, -0.05) is 13.8 Å². The lowest BCUT2D eigenvalue weighted by Crippen LogP contribution is -2.18. The zero-order valence-corrected chi connectivity index (χ0v) is 11.8. The van der Waals surface area contributed by atoms with Crippen molar-refractivity contribution in [2.45, 2.75) is 33.1 Å². The number of carbonyl (C=O) groups excluding carboxylic acids is 1. The van der Waals surface area contributed by atoms with Crippen molar-refractivity contribution in [1.29, 1.82) is 0 Å². The molecule has 0 spiro atoms. The molecule has 0 saturated carbocycles. The summed E-state index contributed by atoms with van der Waals surface area (Å²) >= 11 is 0. The van der Waals surface area contributed by atoms with Crippen molar-refractivity contribution in [2.24, 2.45) is 11.1 Å². The van der Waals surface area contributed by atoms with E-state index < -0.39 is 5.82 Å². The predicted molar refractivity (Wildman–Crippen MR) is 74.0 cm³/mol. The highest BCUT2D eigenvalue weighted by Gasteiger charge is 2.19. The molecular weight excluding hydrogens is 245 g/mol. The average Bonchev–Trinajstić information content (AvgIpc) is 2.36. The van der Waals surface area contributed by atoms with Gasteiger partial charge in [0.1, 0.15) is 0 Å². The standard InChI is InChI=1S/C15H22FNO2/c1-15(2,8-9-17)7-6-13(18)11-4-5-14(19-3)12(16)10-11/h4-5,10H,6-9,17H2,1-3H3. The maximum atomic E-state index is 13.5. The molecule has 0 radical (unpaired) electrons. The smallest absolute Gasteiger partial charge is 0.165 e. The largest absolute Gasteiger partial charge is 0.494 e. The van der Waals surface area contributed by atoms with Crippen molar-refractivity contribution in [2.75, 3.05) is 13.7 Å². The molecule has 0 heterocycles. The van der Waals surface area contributed by atoms with E-state index in [0.717, 1.165) is 12.8 Å². The number of benzene rings is 1. The molecule has 0 fully saturated rings. The number of methoxy groups -OCH3 is 1. The van der Waals surface area contributed by atoms with E-state index in [-0.39, 0.29) is 16.9 Å². The van der Waals surface area contributed by atoms with Gasteiger partial charge in [-0.2, -0.15) is 0 Å². The lowest BCUT2D eigenvalue weighted by atomic mass is 9.83. The number of hydrogen-bond donors (Lipinski definition) is 1.